The summed E-state index contributed by atoms with van der Waals surface area (Å²) in [5.41, 5.74) is 2.15. The van der Waals surface area contributed by atoms with Crippen LogP contribution in [0.2, 0.25) is 0 Å². The fourth-order valence-electron chi connectivity index (χ4n) is 2.53. The highest BCUT2D eigenvalue weighted by Gasteiger charge is 2.17. The molecule has 1 aliphatic heterocycles. The van der Waals surface area contributed by atoms with Gasteiger partial charge in [0, 0.05) is 38.1 Å². The largest absolute Gasteiger partial charge is 0.392 e. The second-order valence-corrected chi connectivity index (χ2v) is 4.99. The quantitative estimate of drug-likeness (QED) is 0.924. The zero-order valence-corrected chi connectivity index (χ0v) is 11.4. The number of pyridine rings is 1. The molecule has 1 fully saturated rings. The van der Waals surface area contributed by atoms with E-state index in [1.807, 2.05) is 18.2 Å². The molecular weight excluding hydrogens is 250 g/mol. The Kier molecular flexibility index (Phi) is 3.83. The maximum atomic E-state index is 9.04. The van der Waals surface area contributed by atoms with Gasteiger partial charge in [0.15, 0.2) is 0 Å². The lowest BCUT2D eigenvalue weighted by molar-refractivity contribution is 0.281. The van der Waals surface area contributed by atoms with Crippen LogP contribution in [0.15, 0.2) is 48.7 Å². The number of aliphatic hydroxyl groups excluding tert-OH is 1. The van der Waals surface area contributed by atoms with Crippen molar-refractivity contribution in [3.05, 3.63) is 54.2 Å². The molecule has 3 rings (SSSR count). The molecule has 0 aliphatic carbocycles. The molecule has 0 radical (unpaired) electrons. The molecule has 1 saturated heterocycles. The highest BCUT2D eigenvalue weighted by molar-refractivity contribution is 5.49. The Labute approximate surface area is 119 Å². The third kappa shape index (κ3) is 2.75. The van der Waals surface area contributed by atoms with Crippen LogP contribution in [0.3, 0.4) is 0 Å². The van der Waals surface area contributed by atoms with Gasteiger partial charge in [-0.2, -0.15) is 0 Å². The normalized spacial score (nSPS) is 15.4. The SMILES string of the molecule is OCc1ccc(N2CCN(c3ccccc3)CC2)nc1. The Balaban J connectivity index is 1.63. The molecule has 0 amide bonds. The zero-order valence-electron chi connectivity index (χ0n) is 11.4. The summed E-state index contributed by atoms with van der Waals surface area (Å²) >= 11 is 0. The Bertz CT molecular complexity index is 533. The molecule has 1 N–H and O–H groups in total. The number of anilines is 2. The number of hydrogen-bond acceptors (Lipinski definition) is 4. The average molecular weight is 269 g/mol. The summed E-state index contributed by atoms with van der Waals surface area (Å²) < 4.78 is 0. The lowest BCUT2D eigenvalue weighted by Crippen LogP contribution is -2.46. The van der Waals surface area contributed by atoms with E-state index >= 15 is 0 Å². The minimum atomic E-state index is 0.0507. The van der Waals surface area contributed by atoms with Crippen molar-refractivity contribution in [2.45, 2.75) is 6.61 Å². The number of nitrogens with zero attached hydrogens (tertiary/aromatic N) is 3. The van der Waals surface area contributed by atoms with Crippen LogP contribution in [-0.2, 0) is 6.61 Å². The van der Waals surface area contributed by atoms with Gasteiger partial charge in [-0.1, -0.05) is 24.3 Å². The van der Waals surface area contributed by atoms with Crippen molar-refractivity contribution in [1.82, 2.24) is 4.98 Å². The predicted octanol–water partition coefficient (Wildman–Crippen LogP) is 1.90. The third-order valence-corrected chi connectivity index (χ3v) is 3.72. The van der Waals surface area contributed by atoms with Crippen LogP contribution in [0.5, 0.6) is 0 Å². The van der Waals surface area contributed by atoms with E-state index in [-0.39, 0.29) is 6.61 Å². The molecule has 1 aromatic carbocycles. The highest BCUT2D eigenvalue weighted by Crippen LogP contribution is 2.18. The first kappa shape index (κ1) is 12.9. The summed E-state index contributed by atoms with van der Waals surface area (Å²) in [5.74, 6) is 0.995. The lowest BCUT2D eigenvalue weighted by atomic mass is 10.2. The molecule has 104 valence electrons. The standard InChI is InChI=1S/C16H19N3O/c20-13-14-6-7-16(17-12-14)19-10-8-18(9-11-19)15-4-2-1-3-5-15/h1-7,12,20H,8-11,13H2. The van der Waals surface area contributed by atoms with E-state index in [0.717, 1.165) is 37.6 Å². The molecule has 1 aromatic heterocycles. The predicted molar refractivity (Wildman–Crippen MR) is 81.0 cm³/mol. The number of benzene rings is 1. The molecule has 1 aliphatic rings. The van der Waals surface area contributed by atoms with E-state index in [4.69, 9.17) is 5.11 Å². The molecule has 0 spiro atoms. The van der Waals surface area contributed by atoms with Crippen molar-refractivity contribution < 1.29 is 5.11 Å². The fraction of sp³-hybridized carbons (Fsp3) is 0.312. The monoisotopic (exact) mass is 269 g/mol. The summed E-state index contributed by atoms with van der Waals surface area (Å²) in [4.78, 5) is 9.11. The first-order chi connectivity index (χ1) is 9.86. The van der Waals surface area contributed by atoms with Gasteiger partial charge in [0.25, 0.3) is 0 Å². The van der Waals surface area contributed by atoms with Crippen LogP contribution in [0.1, 0.15) is 5.56 Å². The number of aromatic nitrogens is 1. The number of para-hydroxylation sites is 1. The van der Waals surface area contributed by atoms with Crippen LogP contribution in [0.25, 0.3) is 0 Å². The van der Waals surface area contributed by atoms with Gasteiger partial charge in [-0.15, -0.1) is 0 Å². The number of piperazine rings is 1. The first-order valence-electron chi connectivity index (χ1n) is 6.97. The maximum absolute atomic E-state index is 9.04. The molecule has 0 saturated carbocycles. The summed E-state index contributed by atoms with van der Waals surface area (Å²) in [6.45, 7) is 4.01. The Morgan fingerprint density at radius 1 is 0.900 bits per heavy atom. The van der Waals surface area contributed by atoms with Crippen molar-refractivity contribution in [3.63, 3.8) is 0 Å². The maximum Gasteiger partial charge on any atom is 0.128 e. The van der Waals surface area contributed by atoms with Crippen molar-refractivity contribution in [3.8, 4) is 0 Å². The molecule has 20 heavy (non-hydrogen) atoms. The minimum absolute atomic E-state index is 0.0507. The van der Waals surface area contributed by atoms with Crippen molar-refractivity contribution >= 4 is 11.5 Å². The number of hydrogen-bond donors (Lipinski definition) is 1. The molecule has 0 atom stereocenters. The minimum Gasteiger partial charge on any atom is -0.392 e. The van der Waals surface area contributed by atoms with Crippen LogP contribution in [0, 0.1) is 0 Å². The summed E-state index contributed by atoms with van der Waals surface area (Å²) in [6.07, 6.45) is 1.75. The van der Waals surface area contributed by atoms with E-state index in [0.29, 0.717) is 0 Å². The smallest absolute Gasteiger partial charge is 0.128 e. The van der Waals surface area contributed by atoms with Gasteiger partial charge in [0.2, 0.25) is 0 Å². The van der Waals surface area contributed by atoms with Crippen molar-refractivity contribution in [2.75, 3.05) is 36.0 Å². The summed E-state index contributed by atoms with van der Waals surface area (Å²) in [5, 5.41) is 9.04. The van der Waals surface area contributed by atoms with E-state index in [1.165, 1.54) is 5.69 Å². The highest BCUT2D eigenvalue weighted by atomic mass is 16.3. The van der Waals surface area contributed by atoms with Crippen LogP contribution < -0.4 is 9.80 Å². The van der Waals surface area contributed by atoms with E-state index in [9.17, 15) is 0 Å². The Morgan fingerprint density at radius 3 is 2.20 bits per heavy atom. The van der Waals surface area contributed by atoms with Gasteiger partial charge in [0.05, 0.1) is 6.61 Å². The van der Waals surface area contributed by atoms with Gasteiger partial charge >= 0.3 is 0 Å². The van der Waals surface area contributed by atoms with Crippen LogP contribution in [0.4, 0.5) is 11.5 Å². The molecule has 4 nitrogen and oxygen atoms in total. The number of aliphatic hydroxyl groups is 1. The van der Waals surface area contributed by atoms with Gasteiger partial charge in [-0.05, 0) is 23.8 Å². The topological polar surface area (TPSA) is 39.6 Å². The first-order valence-corrected chi connectivity index (χ1v) is 6.97. The van der Waals surface area contributed by atoms with Crippen LogP contribution in [-0.4, -0.2) is 36.3 Å². The molecule has 0 bridgehead atoms. The van der Waals surface area contributed by atoms with E-state index < -0.39 is 0 Å². The van der Waals surface area contributed by atoms with Gasteiger partial charge in [-0.25, -0.2) is 4.98 Å². The van der Waals surface area contributed by atoms with Crippen molar-refractivity contribution in [1.29, 1.82) is 0 Å². The molecule has 2 heterocycles. The number of rotatable bonds is 3. The second kappa shape index (κ2) is 5.92. The summed E-state index contributed by atoms with van der Waals surface area (Å²) in [7, 11) is 0. The Hall–Kier alpha value is -2.07. The Morgan fingerprint density at radius 2 is 1.60 bits per heavy atom. The molecular formula is C16H19N3O. The van der Waals surface area contributed by atoms with E-state index in [2.05, 4.69) is 39.0 Å². The average Bonchev–Trinajstić information content (AvgIpc) is 2.56. The second-order valence-electron chi connectivity index (χ2n) is 4.99. The molecule has 4 heteroatoms. The summed E-state index contributed by atoms with van der Waals surface area (Å²) in [6, 6.07) is 14.4. The fourth-order valence-corrected chi connectivity index (χ4v) is 2.53. The van der Waals surface area contributed by atoms with E-state index in [1.54, 1.807) is 6.20 Å². The van der Waals surface area contributed by atoms with Gasteiger partial charge in [0.1, 0.15) is 5.82 Å². The zero-order chi connectivity index (χ0) is 13.8. The molecule has 0 unspecified atom stereocenters. The lowest BCUT2D eigenvalue weighted by Gasteiger charge is -2.36. The van der Waals surface area contributed by atoms with Gasteiger partial charge in [-0.3, -0.25) is 0 Å². The van der Waals surface area contributed by atoms with Gasteiger partial charge < -0.3 is 14.9 Å². The van der Waals surface area contributed by atoms with Crippen LogP contribution >= 0.6 is 0 Å². The van der Waals surface area contributed by atoms with Crippen molar-refractivity contribution in [2.24, 2.45) is 0 Å². The molecule has 2 aromatic rings. The third-order valence-electron chi connectivity index (χ3n) is 3.72.